The fourth-order valence-electron chi connectivity index (χ4n) is 2.63. The van der Waals surface area contributed by atoms with E-state index in [9.17, 15) is 9.59 Å². The molecule has 0 aliphatic carbocycles. The van der Waals surface area contributed by atoms with Crippen molar-refractivity contribution < 1.29 is 9.59 Å². The van der Waals surface area contributed by atoms with Gasteiger partial charge in [0.05, 0.1) is 27.3 Å². The van der Waals surface area contributed by atoms with Gasteiger partial charge < -0.3 is 10.2 Å². The Morgan fingerprint density at radius 1 is 1.12 bits per heavy atom. The van der Waals surface area contributed by atoms with Crippen LogP contribution in [-0.4, -0.2) is 18.4 Å². The van der Waals surface area contributed by atoms with E-state index in [0.29, 0.717) is 26.4 Å². The van der Waals surface area contributed by atoms with Crippen molar-refractivity contribution in [2.75, 3.05) is 16.8 Å². The second-order valence-electron chi connectivity index (χ2n) is 5.61. The second kappa shape index (κ2) is 7.54. The maximum absolute atomic E-state index is 12.5. The van der Waals surface area contributed by atoms with E-state index in [0.717, 1.165) is 4.47 Å². The number of halogens is 4. The number of hydrogen-bond donors (Lipinski definition) is 1. The molecule has 0 saturated carbocycles. The molecule has 0 bridgehead atoms. The number of amides is 2. The molecule has 1 aliphatic rings. The number of benzene rings is 2. The molecule has 0 aromatic heterocycles. The van der Waals surface area contributed by atoms with Gasteiger partial charge in [0.1, 0.15) is 0 Å². The molecule has 25 heavy (non-hydrogen) atoms. The highest BCUT2D eigenvalue weighted by molar-refractivity contribution is 9.10. The summed E-state index contributed by atoms with van der Waals surface area (Å²) in [7, 11) is 0. The third-order valence-corrected chi connectivity index (χ3v) is 5.24. The first kappa shape index (κ1) is 18.5. The molecule has 2 amide bonds. The number of nitrogens with zero attached hydrogens (tertiary/aromatic N) is 1. The van der Waals surface area contributed by atoms with Gasteiger partial charge in [-0.3, -0.25) is 9.59 Å². The van der Waals surface area contributed by atoms with E-state index in [4.69, 9.17) is 34.8 Å². The molecular weight excluding hydrogens is 450 g/mol. The largest absolute Gasteiger partial charge is 0.324 e. The van der Waals surface area contributed by atoms with Gasteiger partial charge in [0.2, 0.25) is 11.8 Å². The minimum absolute atomic E-state index is 0.100. The zero-order valence-corrected chi connectivity index (χ0v) is 16.6. The van der Waals surface area contributed by atoms with Crippen molar-refractivity contribution >= 4 is 73.9 Å². The van der Waals surface area contributed by atoms with Crippen LogP contribution >= 0.6 is 50.7 Å². The van der Waals surface area contributed by atoms with E-state index in [1.54, 1.807) is 36.4 Å². The van der Waals surface area contributed by atoms with Crippen LogP contribution in [0, 0.1) is 5.92 Å². The Kier molecular flexibility index (Phi) is 5.58. The van der Waals surface area contributed by atoms with Gasteiger partial charge in [-0.05, 0) is 36.4 Å². The van der Waals surface area contributed by atoms with Crippen molar-refractivity contribution in [3.63, 3.8) is 0 Å². The molecule has 8 heteroatoms. The quantitative estimate of drug-likeness (QED) is 0.664. The molecule has 0 radical (unpaired) electrons. The van der Waals surface area contributed by atoms with Crippen molar-refractivity contribution in [1.82, 2.24) is 0 Å². The fraction of sp³-hybridized carbons (Fsp3) is 0.176. The van der Waals surface area contributed by atoms with Crippen molar-refractivity contribution in [3.05, 3.63) is 55.9 Å². The fourth-order valence-corrected chi connectivity index (χ4v) is 3.74. The summed E-state index contributed by atoms with van der Waals surface area (Å²) in [6.07, 6.45) is 0.100. The highest BCUT2D eigenvalue weighted by Crippen LogP contribution is 2.34. The summed E-state index contributed by atoms with van der Waals surface area (Å²) in [5, 5.41) is 4.07. The first-order valence-electron chi connectivity index (χ1n) is 7.36. The number of rotatable bonds is 3. The minimum Gasteiger partial charge on any atom is -0.324 e. The molecule has 3 rings (SSSR count). The Morgan fingerprint density at radius 3 is 2.60 bits per heavy atom. The number of anilines is 2. The van der Waals surface area contributed by atoms with Crippen molar-refractivity contribution in [2.24, 2.45) is 5.92 Å². The van der Waals surface area contributed by atoms with Crippen LogP contribution in [0.1, 0.15) is 6.42 Å². The maximum Gasteiger partial charge on any atom is 0.229 e. The smallest absolute Gasteiger partial charge is 0.229 e. The second-order valence-corrected chi connectivity index (χ2v) is 7.78. The van der Waals surface area contributed by atoms with Crippen molar-refractivity contribution in [2.45, 2.75) is 6.42 Å². The predicted molar refractivity (Wildman–Crippen MR) is 105 cm³/mol. The molecular formula is C17H12BrCl3N2O2. The molecule has 2 aromatic carbocycles. The van der Waals surface area contributed by atoms with Gasteiger partial charge in [-0.1, -0.05) is 50.7 Å². The van der Waals surface area contributed by atoms with Gasteiger partial charge in [0.15, 0.2) is 0 Å². The third kappa shape index (κ3) is 4.11. The lowest BCUT2D eigenvalue weighted by atomic mass is 10.1. The van der Waals surface area contributed by atoms with Crippen LogP contribution in [0.5, 0.6) is 0 Å². The first-order valence-corrected chi connectivity index (χ1v) is 9.29. The van der Waals surface area contributed by atoms with Gasteiger partial charge in [0.25, 0.3) is 0 Å². The summed E-state index contributed by atoms with van der Waals surface area (Å²) in [6, 6.07) is 10.1. The lowest BCUT2D eigenvalue weighted by Gasteiger charge is -2.18. The van der Waals surface area contributed by atoms with Gasteiger partial charge in [0, 0.05) is 22.5 Å². The normalized spacial score (nSPS) is 17.0. The van der Waals surface area contributed by atoms with Crippen LogP contribution in [-0.2, 0) is 9.59 Å². The van der Waals surface area contributed by atoms with Crippen LogP contribution in [0.15, 0.2) is 40.9 Å². The Hall–Kier alpha value is -1.27. The molecule has 1 fully saturated rings. The molecule has 1 aliphatic heterocycles. The van der Waals surface area contributed by atoms with E-state index in [-0.39, 0.29) is 24.8 Å². The Labute approximate surface area is 168 Å². The molecule has 4 nitrogen and oxygen atoms in total. The summed E-state index contributed by atoms with van der Waals surface area (Å²) in [4.78, 5) is 26.3. The van der Waals surface area contributed by atoms with Crippen LogP contribution in [0.4, 0.5) is 11.4 Å². The average molecular weight is 463 g/mol. The summed E-state index contributed by atoms with van der Waals surface area (Å²) in [5.41, 5.74) is 1.01. The van der Waals surface area contributed by atoms with E-state index >= 15 is 0 Å². The lowest BCUT2D eigenvalue weighted by Crippen LogP contribution is -2.28. The lowest BCUT2D eigenvalue weighted by molar-refractivity contribution is -0.122. The summed E-state index contributed by atoms with van der Waals surface area (Å²) in [5.74, 6) is -0.938. The molecule has 1 saturated heterocycles. The van der Waals surface area contributed by atoms with E-state index in [2.05, 4.69) is 21.2 Å². The number of carbonyl (C=O) groups excluding carboxylic acids is 2. The monoisotopic (exact) mass is 460 g/mol. The summed E-state index contributed by atoms with van der Waals surface area (Å²) < 4.78 is 0.813. The van der Waals surface area contributed by atoms with Crippen LogP contribution in [0.2, 0.25) is 15.1 Å². The number of hydrogen-bond acceptors (Lipinski definition) is 2. The Balaban J connectivity index is 1.75. The predicted octanol–water partition coefficient (Wildman–Crippen LogP) is 5.40. The average Bonchev–Trinajstić information content (AvgIpc) is 2.94. The molecule has 1 heterocycles. The van der Waals surface area contributed by atoms with Crippen molar-refractivity contribution in [3.8, 4) is 0 Å². The molecule has 1 N–H and O–H groups in total. The number of nitrogens with one attached hydrogen (secondary N) is 1. The Morgan fingerprint density at radius 2 is 1.88 bits per heavy atom. The van der Waals surface area contributed by atoms with Crippen LogP contribution < -0.4 is 10.2 Å². The molecule has 0 unspecified atom stereocenters. The van der Waals surface area contributed by atoms with E-state index in [1.807, 2.05) is 0 Å². The van der Waals surface area contributed by atoms with E-state index < -0.39 is 5.92 Å². The zero-order valence-electron chi connectivity index (χ0n) is 12.7. The number of carbonyl (C=O) groups is 2. The van der Waals surface area contributed by atoms with Crippen molar-refractivity contribution in [1.29, 1.82) is 0 Å². The van der Waals surface area contributed by atoms with Crippen LogP contribution in [0.3, 0.4) is 0 Å². The Bertz CT molecular complexity index is 860. The zero-order chi connectivity index (χ0) is 18.1. The SMILES string of the molecule is O=C(Nc1ccc(Br)cc1Cl)[C@H]1CC(=O)N(c2cc(Cl)ccc2Cl)C1. The molecule has 2 aromatic rings. The molecule has 0 spiro atoms. The van der Waals surface area contributed by atoms with Gasteiger partial charge in [-0.15, -0.1) is 0 Å². The standard InChI is InChI=1S/C17H12BrCl3N2O2/c18-10-1-4-14(13(21)6-10)22-17(25)9-5-16(24)23(8-9)15-7-11(19)2-3-12(15)20/h1-4,6-7,9H,5,8H2,(H,22,25)/t9-/m0/s1. The summed E-state index contributed by atoms with van der Waals surface area (Å²) >= 11 is 21.6. The van der Waals surface area contributed by atoms with Crippen LogP contribution in [0.25, 0.3) is 0 Å². The van der Waals surface area contributed by atoms with E-state index in [1.165, 1.54) is 4.90 Å². The highest BCUT2D eigenvalue weighted by Gasteiger charge is 2.36. The highest BCUT2D eigenvalue weighted by atomic mass is 79.9. The topological polar surface area (TPSA) is 49.4 Å². The molecule has 1 atom stereocenters. The summed E-state index contributed by atoms with van der Waals surface area (Å²) in [6.45, 7) is 0.235. The van der Waals surface area contributed by atoms with Gasteiger partial charge in [-0.25, -0.2) is 0 Å². The van der Waals surface area contributed by atoms with Gasteiger partial charge >= 0.3 is 0 Å². The third-order valence-electron chi connectivity index (χ3n) is 3.88. The van der Waals surface area contributed by atoms with Gasteiger partial charge in [-0.2, -0.15) is 0 Å². The maximum atomic E-state index is 12.5. The first-order chi connectivity index (χ1) is 11.8. The minimum atomic E-state index is -0.498. The molecule has 130 valence electrons.